The van der Waals surface area contributed by atoms with E-state index >= 15 is 0 Å². The van der Waals surface area contributed by atoms with Gasteiger partial charge in [0.15, 0.2) is 0 Å². The van der Waals surface area contributed by atoms with Crippen molar-refractivity contribution in [3.63, 3.8) is 0 Å². The fourth-order valence-electron chi connectivity index (χ4n) is 4.23. The lowest BCUT2D eigenvalue weighted by Crippen LogP contribution is -2.37. The molecule has 2 amide bonds. The number of methoxy groups -OCH3 is 1. The van der Waals surface area contributed by atoms with Crippen molar-refractivity contribution in [2.24, 2.45) is 0 Å². The molecule has 0 saturated carbocycles. The molecule has 6 heteroatoms. The van der Waals surface area contributed by atoms with E-state index in [9.17, 15) is 4.79 Å². The van der Waals surface area contributed by atoms with Crippen molar-refractivity contribution in [3.05, 3.63) is 76.7 Å². The maximum absolute atomic E-state index is 13.4. The van der Waals surface area contributed by atoms with Gasteiger partial charge in [-0.2, -0.15) is 0 Å². The molecule has 0 saturated heterocycles. The van der Waals surface area contributed by atoms with E-state index in [1.54, 1.807) is 18.4 Å². The summed E-state index contributed by atoms with van der Waals surface area (Å²) < 4.78 is 7.69. The summed E-state index contributed by atoms with van der Waals surface area (Å²) in [7, 11) is 1.67. The summed E-state index contributed by atoms with van der Waals surface area (Å²) in [5, 5.41) is 6.38. The first-order valence-electron chi connectivity index (χ1n) is 11.3. The normalized spacial score (nSPS) is 11.2. The highest BCUT2D eigenvalue weighted by atomic mass is 32.1. The Morgan fingerprint density at radius 2 is 1.91 bits per heavy atom. The summed E-state index contributed by atoms with van der Waals surface area (Å²) in [6, 6.07) is 18.6. The molecule has 0 aliphatic carbocycles. The van der Waals surface area contributed by atoms with Crippen molar-refractivity contribution >= 4 is 34.0 Å². The highest BCUT2D eigenvalue weighted by Crippen LogP contribution is 2.37. The summed E-state index contributed by atoms with van der Waals surface area (Å²) in [4.78, 5) is 16.4. The number of nitrogens with one attached hydrogen (secondary N) is 1. The molecule has 0 bridgehead atoms. The molecule has 0 radical (unpaired) electrons. The number of ether oxygens (including phenoxy) is 1. The van der Waals surface area contributed by atoms with E-state index in [2.05, 4.69) is 72.4 Å². The summed E-state index contributed by atoms with van der Waals surface area (Å²) >= 11 is 1.73. The van der Waals surface area contributed by atoms with E-state index in [1.807, 2.05) is 23.1 Å². The minimum atomic E-state index is -0.124. The smallest absolute Gasteiger partial charge is 0.322 e. The molecule has 1 N–H and O–H groups in total. The van der Waals surface area contributed by atoms with E-state index in [-0.39, 0.29) is 6.03 Å². The molecule has 2 heterocycles. The van der Waals surface area contributed by atoms with E-state index < -0.39 is 0 Å². The fraction of sp³-hybridized carbons (Fsp3) is 0.296. The van der Waals surface area contributed by atoms with Crippen LogP contribution in [0.1, 0.15) is 23.6 Å². The third kappa shape index (κ3) is 4.82. The predicted octanol–water partition coefficient (Wildman–Crippen LogP) is 6.69. The van der Waals surface area contributed by atoms with Crippen LogP contribution in [0.2, 0.25) is 0 Å². The van der Waals surface area contributed by atoms with Gasteiger partial charge in [-0.15, -0.1) is 11.3 Å². The van der Waals surface area contributed by atoms with Crippen LogP contribution < -0.4 is 5.32 Å². The van der Waals surface area contributed by atoms with Crippen LogP contribution in [0.5, 0.6) is 0 Å². The van der Waals surface area contributed by atoms with Crippen LogP contribution >= 0.6 is 11.3 Å². The average Bonchev–Trinajstić information content (AvgIpc) is 3.45. The van der Waals surface area contributed by atoms with Crippen LogP contribution in [0.25, 0.3) is 21.5 Å². The Morgan fingerprint density at radius 3 is 2.61 bits per heavy atom. The van der Waals surface area contributed by atoms with Gasteiger partial charge < -0.3 is 19.5 Å². The SMILES string of the molecule is CCn1c(-c2cccs2)c(CN(CCOC)C(=O)Nc2ccc(C)c(C)c2)c2ccccc21. The molecule has 0 unspecified atom stereocenters. The Balaban J connectivity index is 1.73. The first-order valence-corrected chi connectivity index (χ1v) is 12.2. The van der Waals surface area contributed by atoms with Crippen molar-refractivity contribution in [2.45, 2.75) is 33.9 Å². The standard InChI is InChI=1S/C27H31N3O2S/c1-5-30-24-10-7-6-9-22(24)23(26(30)25-11-8-16-33-25)18-29(14-15-32-4)27(31)28-21-13-12-19(2)20(3)17-21/h6-13,16-17H,5,14-15,18H2,1-4H3,(H,28,31). The van der Waals surface area contributed by atoms with Crippen LogP contribution in [0.4, 0.5) is 10.5 Å². The maximum Gasteiger partial charge on any atom is 0.322 e. The highest BCUT2D eigenvalue weighted by molar-refractivity contribution is 7.13. The predicted molar refractivity (Wildman–Crippen MR) is 138 cm³/mol. The number of anilines is 1. The number of carbonyl (C=O) groups excluding carboxylic acids is 1. The Labute approximate surface area is 199 Å². The number of hydrogen-bond acceptors (Lipinski definition) is 3. The molecule has 2 aromatic carbocycles. The zero-order chi connectivity index (χ0) is 23.4. The molecule has 4 rings (SSSR count). The van der Waals surface area contributed by atoms with E-state index in [0.29, 0.717) is 19.7 Å². The molecule has 33 heavy (non-hydrogen) atoms. The highest BCUT2D eigenvalue weighted by Gasteiger charge is 2.23. The number of benzene rings is 2. The Hall–Kier alpha value is -3.09. The number of urea groups is 1. The van der Waals surface area contributed by atoms with Gasteiger partial charge in [-0.25, -0.2) is 4.79 Å². The molecule has 5 nitrogen and oxygen atoms in total. The van der Waals surface area contributed by atoms with Gasteiger partial charge in [-0.3, -0.25) is 0 Å². The van der Waals surface area contributed by atoms with Crippen molar-refractivity contribution in [1.82, 2.24) is 9.47 Å². The average molecular weight is 462 g/mol. The second-order valence-corrected chi connectivity index (χ2v) is 9.16. The quantitative estimate of drug-likeness (QED) is 0.318. The lowest BCUT2D eigenvalue weighted by Gasteiger charge is -2.24. The number of para-hydroxylation sites is 1. The van der Waals surface area contributed by atoms with Gasteiger partial charge in [0.2, 0.25) is 0 Å². The van der Waals surface area contributed by atoms with E-state index in [0.717, 1.165) is 17.8 Å². The van der Waals surface area contributed by atoms with E-state index in [4.69, 9.17) is 4.74 Å². The van der Waals surface area contributed by atoms with Gasteiger partial charge in [0.25, 0.3) is 0 Å². The molecular formula is C27H31N3O2S. The third-order valence-electron chi connectivity index (χ3n) is 6.11. The first kappa shape index (κ1) is 23.1. The number of rotatable bonds is 8. The van der Waals surface area contributed by atoms with Gasteiger partial charge in [-0.05, 0) is 61.5 Å². The second kappa shape index (κ2) is 10.2. The summed E-state index contributed by atoms with van der Waals surface area (Å²) in [6.45, 7) is 8.63. The fourth-order valence-corrected chi connectivity index (χ4v) is 5.03. The van der Waals surface area contributed by atoms with Crippen molar-refractivity contribution in [2.75, 3.05) is 25.6 Å². The van der Waals surface area contributed by atoms with Gasteiger partial charge in [0.05, 0.1) is 23.7 Å². The third-order valence-corrected chi connectivity index (χ3v) is 6.98. The lowest BCUT2D eigenvalue weighted by molar-refractivity contribution is 0.153. The van der Waals surface area contributed by atoms with Crippen LogP contribution in [-0.4, -0.2) is 35.8 Å². The number of carbonyl (C=O) groups is 1. The van der Waals surface area contributed by atoms with Crippen molar-refractivity contribution in [1.29, 1.82) is 0 Å². The summed E-state index contributed by atoms with van der Waals surface area (Å²) in [6.07, 6.45) is 0. The zero-order valence-electron chi connectivity index (χ0n) is 19.7. The number of aryl methyl sites for hydroxylation is 3. The molecule has 0 atom stereocenters. The summed E-state index contributed by atoms with van der Waals surface area (Å²) in [5.41, 5.74) is 6.72. The monoisotopic (exact) mass is 461 g/mol. The lowest BCUT2D eigenvalue weighted by atomic mass is 10.1. The van der Waals surface area contributed by atoms with Gasteiger partial charge in [-0.1, -0.05) is 30.3 Å². The van der Waals surface area contributed by atoms with Crippen molar-refractivity contribution in [3.8, 4) is 10.6 Å². The van der Waals surface area contributed by atoms with Crippen LogP contribution in [0.15, 0.2) is 60.0 Å². The maximum atomic E-state index is 13.4. The number of thiophene rings is 1. The summed E-state index contributed by atoms with van der Waals surface area (Å²) in [5.74, 6) is 0. The largest absolute Gasteiger partial charge is 0.383 e. The van der Waals surface area contributed by atoms with Gasteiger partial charge >= 0.3 is 6.03 Å². The molecule has 0 fully saturated rings. The second-order valence-electron chi connectivity index (χ2n) is 8.21. The number of aromatic nitrogens is 1. The molecule has 0 spiro atoms. The molecule has 0 aliphatic rings. The molecule has 0 aliphatic heterocycles. The Kier molecular flexibility index (Phi) is 7.16. The first-order chi connectivity index (χ1) is 16.0. The molecular weight excluding hydrogens is 430 g/mol. The topological polar surface area (TPSA) is 46.5 Å². The number of hydrogen-bond donors (Lipinski definition) is 1. The zero-order valence-corrected chi connectivity index (χ0v) is 20.5. The molecule has 4 aromatic rings. The minimum absolute atomic E-state index is 0.124. The number of amides is 2. The minimum Gasteiger partial charge on any atom is -0.383 e. The molecule has 172 valence electrons. The van der Waals surface area contributed by atoms with Gasteiger partial charge in [0, 0.05) is 42.4 Å². The van der Waals surface area contributed by atoms with Crippen molar-refractivity contribution < 1.29 is 9.53 Å². The van der Waals surface area contributed by atoms with E-state index in [1.165, 1.54) is 32.6 Å². The van der Waals surface area contributed by atoms with Crippen LogP contribution in [-0.2, 0) is 17.8 Å². The molecule has 2 aromatic heterocycles. The number of nitrogens with zero attached hydrogens (tertiary/aromatic N) is 2. The van der Waals surface area contributed by atoms with Crippen LogP contribution in [0.3, 0.4) is 0 Å². The van der Waals surface area contributed by atoms with Gasteiger partial charge in [0.1, 0.15) is 0 Å². The Morgan fingerprint density at radius 1 is 1.09 bits per heavy atom. The van der Waals surface area contributed by atoms with Crippen LogP contribution in [0, 0.1) is 13.8 Å². The Bertz CT molecular complexity index is 1240. The number of fused-ring (bicyclic) bond motifs is 1.